The van der Waals surface area contributed by atoms with Crippen LogP contribution in [0.2, 0.25) is 0 Å². The second-order valence-corrected chi connectivity index (χ2v) is 14.0. The van der Waals surface area contributed by atoms with E-state index in [-0.39, 0.29) is 23.0 Å². The average Bonchev–Trinajstić information content (AvgIpc) is 2.87. The van der Waals surface area contributed by atoms with Gasteiger partial charge in [0.1, 0.15) is 0 Å². The van der Waals surface area contributed by atoms with Gasteiger partial charge in [-0.1, -0.05) is 0 Å². The molecule has 223 valence electrons. The number of fused-ring (bicyclic) bond motifs is 2. The minimum atomic E-state index is -1.74. The zero-order valence-corrected chi connectivity index (χ0v) is 28.5. The molecule has 2 aromatic carbocycles. The van der Waals surface area contributed by atoms with E-state index in [1.165, 1.54) is 0 Å². The predicted octanol–water partition coefficient (Wildman–Crippen LogP) is 5.34. The van der Waals surface area contributed by atoms with Crippen LogP contribution in [-0.4, -0.2) is 82.0 Å². The number of nitrogens with one attached hydrogen (secondary N) is 2. The Morgan fingerprint density at radius 3 is 1.51 bits per heavy atom. The van der Waals surface area contributed by atoms with E-state index in [4.69, 9.17) is 26.5 Å². The monoisotopic (exact) mass is 621 g/mol. The van der Waals surface area contributed by atoms with Crippen LogP contribution in [0, 0.1) is 10.8 Å². The Morgan fingerprint density at radius 2 is 1.12 bits per heavy atom. The van der Waals surface area contributed by atoms with Crippen molar-refractivity contribution in [3.63, 3.8) is 0 Å². The third-order valence-electron chi connectivity index (χ3n) is 6.26. The van der Waals surface area contributed by atoms with Gasteiger partial charge in [-0.25, -0.2) is 0 Å². The molecule has 0 fully saturated rings. The Balaban J connectivity index is 1.96. The van der Waals surface area contributed by atoms with Crippen LogP contribution in [0.3, 0.4) is 0 Å². The summed E-state index contributed by atoms with van der Waals surface area (Å²) in [5.41, 5.74) is 1.76. The molecule has 9 heteroatoms. The summed E-state index contributed by atoms with van der Waals surface area (Å²) >= 11 is -1.74. The molecule has 1 aliphatic rings. The van der Waals surface area contributed by atoms with Crippen LogP contribution in [0.1, 0.15) is 66.5 Å². The van der Waals surface area contributed by atoms with Crippen molar-refractivity contribution in [1.82, 2.24) is 10.6 Å². The van der Waals surface area contributed by atoms with Crippen LogP contribution < -0.4 is 27.2 Å². The number of hydrogen-bond acceptors (Lipinski definition) is 8. The fourth-order valence-corrected chi connectivity index (χ4v) is 5.82. The summed E-state index contributed by atoms with van der Waals surface area (Å²) in [4.78, 5) is 9.63. The third-order valence-corrected chi connectivity index (χ3v) is 7.65. The van der Waals surface area contributed by atoms with E-state index in [0.29, 0.717) is 36.1 Å². The van der Waals surface area contributed by atoms with Gasteiger partial charge in [-0.15, -0.1) is 0 Å². The molecule has 0 spiro atoms. The van der Waals surface area contributed by atoms with Crippen LogP contribution in [0.25, 0.3) is 0 Å². The van der Waals surface area contributed by atoms with Gasteiger partial charge in [0, 0.05) is 0 Å². The van der Waals surface area contributed by atoms with Gasteiger partial charge >= 0.3 is 256 Å². The molecule has 3 rings (SSSR count). The summed E-state index contributed by atoms with van der Waals surface area (Å²) in [6.45, 7) is 21.9. The van der Waals surface area contributed by atoms with Crippen LogP contribution >= 0.6 is 0 Å². The zero-order chi connectivity index (χ0) is 29.9. The quantitative estimate of drug-likeness (QED) is 0.449. The summed E-state index contributed by atoms with van der Waals surface area (Å²) in [6, 6.07) is 11.8. The topological polar surface area (TPSA) is 85.7 Å². The van der Waals surface area contributed by atoms with Gasteiger partial charge < -0.3 is 0 Å². The van der Waals surface area contributed by atoms with Gasteiger partial charge in [0.25, 0.3) is 0 Å². The number of rotatable bonds is 4. The molecular formula is C32H48GaN4O4. The number of nitrogens with zero attached hydrogens (tertiary/aromatic N) is 2. The van der Waals surface area contributed by atoms with Gasteiger partial charge in [-0.3, -0.25) is 0 Å². The molecule has 1 heterocycles. The van der Waals surface area contributed by atoms with Crippen molar-refractivity contribution in [2.45, 2.75) is 67.6 Å². The molecule has 0 amide bonds. The van der Waals surface area contributed by atoms with Crippen molar-refractivity contribution < 1.29 is 16.5 Å². The number of hydrogen-bond donors (Lipinski definition) is 2. The van der Waals surface area contributed by atoms with Gasteiger partial charge in [0.2, 0.25) is 0 Å². The average molecular weight is 622 g/mol. The van der Waals surface area contributed by atoms with E-state index < -0.39 is 18.1 Å². The molecule has 0 atom stereocenters. The predicted molar refractivity (Wildman–Crippen MR) is 170 cm³/mol. The molecule has 1 aliphatic heterocycles. The molecule has 0 saturated carbocycles. The fraction of sp³-hybridized carbons (Fsp3) is 0.562. The molecule has 0 aliphatic carbocycles. The first kappa shape index (κ1) is 33.0. The van der Waals surface area contributed by atoms with E-state index in [0.717, 1.165) is 37.3 Å². The summed E-state index contributed by atoms with van der Waals surface area (Å²) < 4.78 is 25.1. The Bertz CT molecular complexity index is 1070. The number of para-hydroxylation sites is 2. The van der Waals surface area contributed by atoms with Crippen molar-refractivity contribution in [1.29, 1.82) is 0 Å². The minimum absolute atomic E-state index is 0.00331. The molecule has 2 aromatic rings. The maximum absolute atomic E-state index is 6.42. The van der Waals surface area contributed by atoms with E-state index in [1.54, 1.807) is 0 Å². The van der Waals surface area contributed by atoms with Gasteiger partial charge in [0.05, 0.1) is 0 Å². The first-order valence-corrected chi connectivity index (χ1v) is 16.6. The summed E-state index contributed by atoms with van der Waals surface area (Å²) in [5.74, 6) is 2.70. The molecule has 8 nitrogen and oxygen atoms in total. The van der Waals surface area contributed by atoms with Crippen LogP contribution in [0.4, 0.5) is 0 Å². The second kappa shape index (κ2) is 15.7. The van der Waals surface area contributed by atoms with Crippen LogP contribution in [0.15, 0.2) is 46.4 Å². The van der Waals surface area contributed by atoms with Gasteiger partial charge in [0.15, 0.2) is 0 Å². The molecular weight excluding hydrogens is 574 g/mol. The first-order chi connectivity index (χ1) is 19.5. The second-order valence-electron chi connectivity index (χ2n) is 12.6. The van der Waals surface area contributed by atoms with E-state index in [2.05, 4.69) is 38.3 Å². The van der Waals surface area contributed by atoms with Crippen LogP contribution in [-0.2, 0) is 0 Å². The summed E-state index contributed by atoms with van der Waals surface area (Å²) in [7, 11) is 0. The van der Waals surface area contributed by atoms with E-state index >= 15 is 0 Å². The van der Waals surface area contributed by atoms with Gasteiger partial charge in [-0.2, -0.15) is 0 Å². The standard InChI is InChI=1S/C32H50N4O4.Ga/c1-23(2)39-27-13-9-11-25(29(27)37)17-35-21-31(5,6)19-33-15-16-34-20-32(7,8)22-36-18-26-12-10-14-28(30(26)38)40-24(3)4;/h9-14,17-18,23-24,33-34,37-38H,15-16,19-22H2,1-8H3;/q;+2/p-2. The Kier molecular flexibility index (Phi) is 12.6. The van der Waals surface area contributed by atoms with Crippen molar-refractivity contribution >= 4 is 30.6 Å². The molecule has 41 heavy (non-hydrogen) atoms. The fourth-order valence-electron chi connectivity index (χ4n) is 4.26. The van der Waals surface area contributed by atoms with E-state index in [1.807, 2.05) is 76.5 Å². The van der Waals surface area contributed by atoms with Crippen molar-refractivity contribution in [3.8, 4) is 23.0 Å². The number of aliphatic imine (C=N–C) groups is 2. The molecule has 0 unspecified atom stereocenters. The summed E-state index contributed by atoms with van der Waals surface area (Å²) in [5, 5.41) is 7.16. The first-order valence-electron chi connectivity index (χ1n) is 14.6. The van der Waals surface area contributed by atoms with Crippen molar-refractivity contribution in [2.24, 2.45) is 20.8 Å². The Hall–Kier alpha value is -2.46. The zero-order valence-electron chi connectivity index (χ0n) is 26.1. The Labute approximate surface area is 255 Å². The molecule has 0 aromatic heterocycles. The molecule has 2 N–H and O–H groups in total. The molecule has 0 bridgehead atoms. The molecule has 0 saturated heterocycles. The SMILES string of the molecule is CC(C)Oc1cccc2c1[O][Ga][O]c1c(cccc1OC(C)C)C=NCC(C)(C)CNCCNCC(C)(C)CN=C2. The van der Waals surface area contributed by atoms with Gasteiger partial charge in [-0.05, 0) is 0 Å². The molecule has 1 radical (unpaired) electrons. The van der Waals surface area contributed by atoms with Crippen LogP contribution in [0.5, 0.6) is 23.0 Å². The van der Waals surface area contributed by atoms with Crippen molar-refractivity contribution in [3.05, 3.63) is 47.5 Å². The normalized spacial score (nSPS) is 18.2. The Morgan fingerprint density at radius 1 is 0.707 bits per heavy atom. The van der Waals surface area contributed by atoms with Crippen molar-refractivity contribution in [2.75, 3.05) is 39.3 Å². The number of ether oxygens (including phenoxy) is 2. The van der Waals surface area contributed by atoms with E-state index in [9.17, 15) is 0 Å². The number of benzene rings is 2. The third kappa shape index (κ3) is 11.4. The summed E-state index contributed by atoms with van der Waals surface area (Å²) in [6.07, 6.45) is 3.79. The maximum atomic E-state index is 6.42.